The van der Waals surface area contributed by atoms with Crippen molar-refractivity contribution >= 4 is 11.6 Å². The fraction of sp³-hybridized carbons (Fsp3) is 0.0667. The van der Waals surface area contributed by atoms with Gasteiger partial charge in [0.15, 0.2) is 0 Å². The van der Waals surface area contributed by atoms with Crippen LogP contribution in [0.2, 0.25) is 0 Å². The molecule has 2 rings (SSSR count). The summed E-state index contributed by atoms with van der Waals surface area (Å²) < 4.78 is 37.3. The molecule has 1 N–H and O–H groups in total. The van der Waals surface area contributed by atoms with Gasteiger partial charge in [0.05, 0.1) is 16.8 Å². The minimum atomic E-state index is -4.47. The van der Waals surface area contributed by atoms with Crippen LogP contribution in [0.5, 0.6) is 5.75 Å². The zero-order valence-electron chi connectivity index (χ0n) is 10.6. The van der Waals surface area contributed by atoms with E-state index in [1.807, 2.05) is 6.07 Å². The third-order valence-corrected chi connectivity index (χ3v) is 2.67. The topological polar surface area (TPSA) is 56.9 Å². The number of phenolic OH excluding ortho intramolecular Hbond substituents is 1. The second kappa shape index (κ2) is 5.67. The number of allylic oxidation sites excluding steroid dienone is 1. The molecule has 0 spiro atoms. The molecule has 0 fully saturated rings. The largest absolute Gasteiger partial charge is 0.508 e. The van der Waals surface area contributed by atoms with Crippen LogP contribution in [0.4, 0.5) is 13.2 Å². The molecule has 6 heteroatoms. The first-order valence-electron chi connectivity index (χ1n) is 5.84. The number of halogens is 3. The lowest BCUT2D eigenvalue weighted by atomic mass is 10.1. The molecule has 106 valence electrons. The maximum atomic E-state index is 12.4. The monoisotopic (exact) mass is 290 g/mol. The van der Waals surface area contributed by atoms with Crippen molar-refractivity contribution < 1.29 is 18.3 Å². The number of hydrogen-bond acceptors (Lipinski definition) is 3. The predicted molar refractivity (Wildman–Crippen MR) is 70.8 cm³/mol. The number of nitriles is 1. The van der Waals surface area contributed by atoms with Gasteiger partial charge in [-0.25, -0.2) is 0 Å². The van der Waals surface area contributed by atoms with Crippen LogP contribution in [0.15, 0.2) is 42.6 Å². The van der Waals surface area contributed by atoms with Crippen LogP contribution in [0.1, 0.15) is 16.8 Å². The Morgan fingerprint density at radius 3 is 2.52 bits per heavy atom. The molecule has 0 radical (unpaired) electrons. The summed E-state index contributed by atoms with van der Waals surface area (Å²) in [6.45, 7) is 0. The molecule has 0 unspecified atom stereocenters. The molecule has 21 heavy (non-hydrogen) atoms. The molecular formula is C15H9F3N2O. The van der Waals surface area contributed by atoms with E-state index in [4.69, 9.17) is 5.26 Å². The number of alkyl halides is 3. The molecule has 1 aromatic carbocycles. The highest BCUT2D eigenvalue weighted by Gasteiger charge is 2.30. The number of rotatable bonds is 2. The zero-order valence-corrected chi connectivity index (χ0v) is 10.6. The van der Waals surface area contributed by atoms with E-state index in [9.17, 15) is 18.3 Å². The molecule has 0 aliphatic carbocycles. The Labute approximate surface area is 118 Å². The first kappa shape index (κ1) is 14.6. The predicted octanol–water partition coefficient (Wildman–Crippen LogP) is 3.87. The average Bonchev–Trinajstić information content (AvgIpc) is 2.44. The lowest BCUT2D eigenvalue weighted by Crippen LogP contribution is -2.05. The van der Waals surface area contributed by atoms with Gasteiger partial charge in [0.2, 0.25) is 0 Å². The van der Waals surface area contributed by atoms with Gasteiger partial charge in [-0.3, -0.25) is 4.98 Å². The first-order valence-corrected chi connectivity index (χ1v) is 5.84. The number of pyridine rings is 1. The second-order valence-corrected chi connectivity index (χ2v) is 4.19. The van der Waals surface area contributed by atoms with Crippen molar-refractivity contribution in [3.05, 3.63) is 59.4 Å². The molecule has 0 saturated heterocycles. The van der Waals surface area contributed by atoms with Gasteiger partial charge in [0.1, 0.15) is 11.8 Å². The molecule has 0 saturated carbocycles. The summed E-state index contributed by atoms with van der Waals surface area (Å²) >= 11 is 0. The van der Waals surface area contributed by atoms with Crippen molar-refractivity contribution in [2.24, 2.45) is 0 Å². The van der Waals surface area contributed by atoms with E-state index in [2.05, 4.69) is 4.98 Å². The number of phenols is 1. The summed E-state index contributed by atoms with van der Waals surface area (Å²) in [7, 11) is 0. The van der Waals surface area contributed by atoms with Gasteiger partial charge in [-0.1, -0.05) is 12.1 Å². The van der Waals surface area contributed by atoms with Crippen LogP contribution < -0.4 is 0 Å². The lowest BCUT2D eigenvalue weighted by Gasteiger charge is -2.06. The fourth-order valence-corrected chi connectivity index (χ4v) is 1.67. The molecular weight excluding hydrogens is 281 g/mol. The van der Waals surface area contributed by atoms with Crippen LogP contribution in [0, 0.1) is 11.3 Å². The molecule has 0 atom stereocenters. The molecule has 1 heterocycles. The van der Waals surface area contributed by atoms with Crippen LogP contribution in [-0.2, 0) is 6.18 Å². The summed E-state index contributed by atoms with van der Waals surface area (Å²) in [5.41, 5.74) is -0.0858. The summed E-state index contributed by atoms with van der Waals surface area (Å²) in [6.07, 6.45) is -2.34. The molecule has 1 aromatic heterocycles. The van der Waals surface area contributed by atoms with Crippen LogP contribution in [0.25, 0.3) is 11.6 Å². The summed E-state index contributed by atoms with van der Waals surface area (Å²) in [5, 5.41) is 18.4. The highest BCUT2D eigenvalue weighted by molar-refractivity contribution is 5.88. The van der Waals surface area contributed by atoms with Crippen LogP contribution in [-0.4, -0.2) is 10.1 Å². The standard InChI is InChI=1S/C15H9F3N2O/c16-15(17,18)12-4-5-14(20-9-12)11(8-19)6-10-2-1-3-13(21)7-10/h1-7,9,21H. The van der Waals surface area contributed by atoms with E-state index in [-0.39, 0.29) is 17.0 Å². The molecule has 2 aromatic rings. The van der Waals surface area contributed by atoms with E-state index >= 15 is 0 Å². The maximum Gasteiger partial charge on any atom is 0.417 e. The maximum absolute atomic E-state index is 12.4. The third-order valence-electron chi connectivity index (χ3n) is 2.67. The van der Waals surface area contributed by atoms with E-state index in [1.165, 1.54) is 18.2 Å². The summed E-state index contributed by atoms with van der Waals surface area (Å²) in [4.78, 5) is 3.66. The van der Waals surface area contributed by atoms with Gasteiger partial charge in [-0.05, 0) is 35.9 Å². The summed E-state index contributed by atoms with van der Waals surface area (Å²) in [5.74, 6) is 0.0291. The van der Waals surface area contributed by atoms with Gasteiger partial charge in [0, 0.05) is 6.20 Å². The minimum Gasteiger partial charge on any atom is -0.508 e. The van der Waals surface area contributed by atoms with Gasteiger partial charge in [-0.2, -0.15) is 18.4 Å². The minimum absolute atomic E-state index is 0.0291. The highest BCUT2D eigenvalue weighted by Crippen LogP contribution is 2.29. The number of hydrogen-bond donors (Lipinski definition) is 1. The Morgan fingerprint density at radius 1 is 1.24 bits per heavy atom. The smallest absolute Gasteiger partial charge is 0.417 e. The van der Waals surface area contributed by atoms with Crippen molar-refractivity contribution in [2.75, 3.05) is 0 Å². The lowest BCUT2D eigenvalue weighted by molar-refractivity contribution is -0.137. The molecule has 0 amide bonds. The van der Waals surface area contributed by atoms with E-state index in [0.717, 1.165) is 12.1 Å². The molecule has 0 bridgehead atoms. The number of nitrogens with zero attached hydrogens (tertiary/aromatic N) is 2. The first-order chi connectivity index (χ1) is 9.90. The Hall–Kier alpha value is -2.81. The Morgan fingerprint density at radius 2 is 2.00 bits per heavy atom. The van der Waals surface area contributed by atoms with Crippen molar-refractivity contribution in [3.63, 3.8) is 0 Å². The van der Waals surface area contributed by atoms with E-state index in [1.54, 1.807) is 12.1 Å². The van der Waals surface area contributed by atoms with Crippen molar-refractivity contribution in [3.8, 4) is 11.8 Å². The Balaban J connectivity index is 2.36. The number of aromatic hydroxyl groups is 1. The van der Waals surface area contributed by atoms with Crippen LogP contribution >= 0.6 is 0 Å². The van der Waals surface area contributed by atoms with E-state index < -0.39 is 11.7 Å². The van der Waals surface area contributed by atoms with Gasteiger partial charge >= 0.3 is 6.18 Å². The quantitative estimate of drug-likeness (QED) is 0.854. The second-order valence-electron chi connectivity index (χ2n) is 4.19. The molecule has 0 aliphatic heterocycles. The summed E-state index contributed by atoms with van der Waals surface area (Å²) in [6, 6.07) is 10.0. The molecule has 0 aliphatic rings. The number of aromatic nitrogens is 1. The fourth-order valence-electron chi connectivity index (χ4n) is 1.67. The van der Waals surface area contributed by atoms with Crippen molar-refractivity contribution in [2.45, 2.75) is 6.18 Å². The van der Waals surface area contributed by atoms with Gasteiger partial charge in [-0.15, -0.1) is 0 Å². The highest BCUT2D eigenvalue weighted by atomic mass is 19.4. The Kier molecular flexibility index (Phi) is 3.94. The molecule has 3 nitrogen and oxygen atoms in total. The average molecular weight is 290 g/mol. The zero-order chi connectivity index (χ0) is 15.5. The normalized spacial score (nSPS) is 12.0. The van der Waals surface area contributed by atoms with E-state index in [0.29, 0.717) is 11.8 Å². The van der Waals surface area contributed by atoms with Gasteiger partial charge < -0.3 is 5.11 Å². The number of benzene rings is 1. The third kappa shape index (κ3) is 3.60. The van der Waals surface area contributed by atoms with Crippen molar-refractivity contribution in [1.82, 2.24) is 4.98 Å². The van der Waals surface area contributed by atoms with Gasteiger partial charge in [0.25, 0.3) is 0 Å². The SMILES string of the molecule is N#CC(=Cc1cccc(O)c1)c1ccc(C(F)(F)F)cn1. The van der Waals surface area contributed by atoms with Crippen molar-refractivity contribution in [1.29, 1.82) is 5.26 Å². The Bertz CT molecular complexity index is 713. The van der Waals surface area contributed by atoms with Crippen LogP contribution in [0.3, 0.4) is 0 Å².